The number of hydrogen-bond donors (Lipinski definition) is 2. The molecular weight excluding hydrogens is 318 g/mol. The SMILES string of the molecule is N=S1C=C(c2ccc(S(N)(=O)=O)cc2)N=C1c1ccccc1. The zero-order valence-electron chi connectivity index (χ0n) is 11.4. The monoisotopic (exact) mass is 331 g/mol. The molecule has 1 aliphatic heterocycles. The molecule has 7 heteroatoms. The van der Waals surface area contributed by atoms with Gasteiger partial charge in [0, 0.05) is 16.5 Å². The lowest BCUT2D eigenvalue weighted by molar-refractivity contribution is 0.598. The van der Waals surface area contributed by atoms with Gasteiger partial charge in [0.2, 0.25) is 10.0 Å². The number of nitrogens with zero attached hydrogens (tertiary/aromatic N) is 1. The number of hydrogen-bond acceptors (Lipinski definition) is 4. The average molecular weight is 331 g/mol. The van der Waals surface area contributed by atoms with Crippen LogP contribution in [-0.4, -0.2) is 13.5 Å². The molecule has 5 nitrogen and oxygen atoms in total. The van der Waals surface area contributed by atoms with Crippen LogP contribution in [0.2, 0.25) is 0 Å². The van der Waals surface area contributed by atoms with Crippen LogP contribution in [0.25, 0.3) is 5.70 Å². The molecule has 0 amide bonds. The number of rotatable bonds is 3. The largest absolute Gasteiger partial charge is 0.270 e. The summed E-state index contributed by atoms with van der Waals surface area (Å²) in [6.45, 7) is 0. The van der Waals surface area contributed by atoms with Gasteiger partial charge in [0.15, 0.2) is 0 Å². The number of nitrogens with two attached hydrogens (primary N) is 1. The van der Waals surface area contributed by atoms with Crippen molar-refractivity contribution < 1.29 is 8.42 Å². The summed E-state index contributed by atoms with van der Waals surface area (Å²) in [5.41, 5.74) is 2.37. The molecule has 0 aromatic heterocycles. The molecule has 2 aromatic carbocycles. The van der Waals surface area contributed by atoms with Gasteiger partial charge >= 0.3 is 0 Å². The van der Waals surface area contributed by atoms with Gasteiger partial charge in [0.1, 0.15) is 5.04 Å². The lowest BCUT2D eigenvalue weighted by atomic mass is 10.2. The van der Waals surface area contributed by atoms with Crippen LogP contribution in [0.1, 0.15) is 11.1 Å². The first-order valence-corrected chi connectivity index (χ1v) is 9.22. The van der Waals surface area contributed by atoms with Gasteiger partial charge < -0.3 is 0 Å². The minimum absolute atomic E-state index is 0.0620. The Morgan fingerprint density at radius 1 is 0.955 bits per heavy atom. The molecule has 0 saturated heterocycles. The molecule has 112 valence electrons. The minimum atomic E-state index is -3.70. The lowest BCUT2D eigenvalue weighted by Crippen LogP contribution is -2.11. The Kier molecular flexibility index (Phi) is 3.78. The third-order valence-electron chi connectivity index (χ3n) is 3.16. The maximum Gasteiger partial charge on any atom is 0.238 e. The van der Waals surface area contributed by atoms with Gasteiger partial charge in [0.05, 0.1) is 10.6 Å². The van der Waals surface area contributed by atoms with Crippen molar-refractivity contribution in [1.82, 2.24) is 0 Å². The van der Waals surface area contributed by atoms with E-state index in [1.54, 1.807) is 17.5 Å². The van der Waals surface area contributed by atoms with Gasteiger partial charge in [-0.15, -0.1) is 0 Å². The van der Waals surface area contributed by atoms with E-state index < -0.39 is 20.7 Å². The number of nitrogens with one attached hydrogen (secondary N) is 1. The summed E-state index contributed by atoms with van der Waals surface area (Å²) in [5.74, 6) is 0. The standard InChI is InChI=1S/C15H13N3O2S2/c16-21-10-14(18-15(21)12-4-2-1-3-5-12)11-6-8-13(9-7-11)22(17,19)20/h1-10,16H,(H2,17,19,20). The van der Waals surface area contributed by atoms with E-state index in [2.05, 4.69) is 4.99 Å². The molecule has 0 aliphatic carbocycles. The van der Waals surface area contributed by atoms with E-state index in [4.69, 9.17) is 9.92 Å². The molecule has 0 saturated carbocycles. The first-order chi connectivity index (χ1) is 10.4. The van der Waals surface area contributed by atoms with Crippen LogP contribution >= 0.6 is 0 Å². The van der Waals surface area contributed by atoms with Crippen molar-refractivity contribution in [2.45, 2.75) is 4.90 Å². The summed E-state index contributed by atoms with van der Waals surface area (Å²) < 4.78 is 30.7. The maximum absolute atomic E-state index is 11.3. The summed E-state index contributed by atoms with van der Waals surface area (Å²) in [6.07, 6.45) is 0. The van der Waals surface area contributed by atoms with Crippen LogP contribution in [-0.2, 0) is 20.7 Å². The molecular formula is C15H13N3O2S2. The Balaban J connectivity index is 1.95. The highest BCUT2D eigenvalue weighted by Gasteiger charge is 2.17. The van der Waals surface area contributed by atoms with E-state index in [9.17, 15) is 8.42 Å². The Morgan fingerprint density at radius 2 is 1.59 bits per heavy atom. The molecule has 1 unspecified atom stereocenters. The topological polar surface area (TPSA) is 96.4 Å². The maximum atomic E-state index is 11.3. The highest BCUT2D eigenvalue weighted by molar-refractivity contribution is 8.05. The highest BCUT2D eigenvalue weighted by atomic mass is 32.2. The first-order valence-electron chi connectivity index (χ1n) is 6.39. The Morgan fingerprint density at radius 3 is 2.18 bits per heavy atom. The molecule has 2 aromatic rings. The van der Waals surface area contributed by atoms with Gasteiger partial charge in [-0.1, -0.05) is 42.5 Å². The van der Waals surface area contributed by atoms with Crippen LogP contribution < -0.4 is 5.14 Å². The third-order valence-corrected chi connectivity index (χ3v) is 5.29. The second-order valence-corrected chi connectivity index (χ2v) is 7.55. The fourth-order valence-corrected chi connectivity index (χ4v) is 3.70. The Labute approximate surface area is 131 Å². The van der Waals surface area contributed by atoms with E-state index >= 15 is 0 Å². The smallest absolute Gasteiger partial charge is 0.238 e. The van der Waals surface area contributed by atoms with Crippen LogP contribution in [0.4, 0.5) is 0 Å². The summed E-state index contributed by atoms with van der Waals surface area (Å²) in [6, 6.07) is 15.8. The van der Waals surface area contributed by atoms with E-state index in [-0.39, 0.29) is 4.90 Å². The first kappa shape index (κ1) is 14.8. The fourth-order valence-electron chi connectivity index (χ4n) is 2.07. The van der Waals surface area contributed by atoms with Crippen molar-refractivity contribution in [1.29, 1.82) is 4.78 Å². The fraction of sp³-hybridized carbons (Fsp3) is 0. The Bertz CT molecular complexity index is 900. The molecule has 0 bridgehead atoms. The molecule has 0 fully saturated rings. The van der Waals surface area contributed by atoms with Crippen molar-refractivity contribution in [2.24, 2.45) is 10.1 Å². The van der Waals surface area contributed by atoms with Crippen molar-refractivity contribution in [2.75, 3.05) is 0 Å². The van der Waals surface area contributed by atoms with Crippen molar-refractivity contribution in [3.8, 4) is 0 Å². The van der Waals surface area contributed by atoms with E-state index in [0.717, 1.165) is 11.1 Å². The second-order valence-electron chi connectivity index (χ2n) is 4.69. The van der Waals surface area contributed by atoms with Crippen LogP contribution in [0.5, 0.6) is 0 Å². The summed E-state index contributed by atoms with van der Waals surface area (Å²) in [4.78, 5) is 4.59. The minimum Gasteiger partial charge on any atom is -0.270 e. The van der Waals surface area contributed by atoms with Crippen molar-refractivity contribution in [3.63, 3.8) is 0 Å². The molecule has 3 rings (SSSR count). The van der Waals surface area contributed by atoms with Crippen molar-refractivity contribution >= 4 is 31.5 Å². The molecule has 1 atom stereocenters. The molecule has 0 spiro atoms. The van der Waals surface area contributed by atoms with Gasteiger partial charge in [-0.25, -0.2) is 18.5 Å². The highest BCUT2D eigenvalue weighted by Crippen LogP contribution is 2.26. The zero-order chi connectivity index (χ0) is 15.7. The number of aliphatic imine (C=N–C) groups is 1. The molecule has 3 N–H and O–H groups in total. The van der Waals surface area contributed by atoms with E-state index in [0.29, 0.717) is 10.7 Å². The average Bonchev–Trinajstić information content (AvgIpc) is 2.89. The molecule has 1 aliphatic rings. The second kappa shape index (κ2) is 5.60. The number of benzene rings is 2. The lowest BCUT2D eigenvalue weighted by Gasteiger charge is -2.02. The quantitative estimate of drug-likeness (QED) is 0.903. The third kappa shape index (κ3) is 2.92. The summed E-state index contributed by atoms with van der Waals surface area (Å²) in [7, 11) is -4.52. The predicted molar refractivity (Wildman–Crippen MR) is 88.9 cm³/mol. The molecule has 1 heterocycles. The summed E-state index contributed by atoms with van der Waals surface area (Å²) in [5, 5.41) is 7.57. The zero-order valence-corrected chi connectivity index (χ0v) is 13.1. The van der Waals surface area contributed by atoms with Gasteiger partial charge in [-0.3, -0.25) is 4.78 Å². The van der Waals surface area contributed by atoms with Crippen LogP contribution in [0, 0.1) is 4.78 Å². The molecule has 22 heavy (non-hydrogen) atoms. The van der Waals surface area contributed by atoms with Crippen molar-refractivity contribution in [3.05, 3.63) is 71.1 Å². The van der Waals surface area contributed by atoms with Gasteiger partial charge in [0.25, 0.3) is 0 Å². The predicted octanol–water partition coefficient (Wildman–Crippen LogP) is 2.47. The normalized spacial score (nSPS) is 18.0. The van der Waals surface area contributed by atoms with Gasteiger partial charge in [-0.2, -0.15) is 0 Å². The van der Waals surface area contributed by atoms with Crippen LogP contribution in [0.3, 0.4) is 0 Å². The number of primary sulfonamides is 1. The van der Waals surface area contributed by atoms with Crippen LogP contribution in [0.15, 0.2) is 69.9 Å². The Hall–Kier alpha value is -2.09. The van der Waals surface area contributed by atoms with Gasteiger partial charge in [-0.05, 0) is 22.8 Å². The number of sulfonamides is 1. The van der Waals surface area contributed by atoms with E-state index in [1.165, 1.54) is 12.1 Å². The van der Waals surface area contributed by atoms with E-state index in [1.807, 2.05) is 30.3 Å². The summed E-state index contributed by atoms with van der Waals surface area (Å²) >= 11 is 0. The molecule has 0 radical (unpaired) electrons.